The second-order valence-electron chi connectivity index (χ2n) is 4.48. The lowest BCUT2D eigenvalue weighted by Gasteiger charge is -2.23. The Labute approximate surface area is 102 Å². The molecule has 0 spiro atoms. The summed E-state index contributed by atoms with van der Waals surface area (Å²) in [5.41, 5.74) is 7.25. The number of hydrogen-bond acceptors (Lipinski definition) is 2. The molecule has 0 aromatic heterocycles. The molecule has 2 nitrogen and oxygen atoms in total. The smallest absolute Gasteiger partial charge is 0.0406 e. The molecule has 3 N–H and O–H groups in total. The van der Waals surface area contributed by atoms with Crippen molar-refractivity contribution in [2.75, 3.05) is 19.6 Å². The van der Waals surface area contributed by atoms with Crippen LogP contribution in [-0.4, -0.2) is 19.6 Å². The minimum atomic E-state index is 0.581. The standard InChI is InChI=1S/C13H19ClN2/c14-12-3-1-10(2-4-12)13-6-8-16-7-5-11(13)9-15/h1-4,11,13,16H,5-9,15H2. The molecule has 0 saturated carbocycles. The third kappa shape index (κ3) is 2.76. The van der Waals surface area contributed by atoms with E-state index in [1.807, 2.05) is 12.1 Å². The first-order chi connectivity index (χ1) is 7.81. The van der Waals surface area contributed by atoms with Gasteiger partial charge in [0.15, 0.2) is 0 Å². The van der Waals surface area contributed by atoms with Gasteiger partial charge in [0.05, 0.1) is 0 Å². The molecule has 1 aromatic rings. The molecule has 88 valence electrons. The van der Waals surface area contributed by atoms with E-state index in [1.165, 1.54) is 18.4 Å². The average Bonchev–Trinajstić information content (AvgIpc) is 2.55. The van der Waals surface area contributed by atoms with E-state index in [1.54, 1.807) is 0 Å². The van der Waals surface area contributed by atoms with Crippen LogP contribution in [0.15, 0.2) is 24.3 Å². The lowest BCUT2D eigenvalue weighted by Crippen LogP contribution is -2.22. The van der Waals surface area contributed by atoms with Gasteiger partial charge < -0.3 is 11.1 Å². The highest BCUT2D eigenvalue weighted by molar-refractivity contribution is 6.30. The normalized spacial score (nSPS) is 26.4. The second kappa shape index (κ2) is 5.67. The molecular formula is C13H19ClN2. The van der Waals surface area contributed by atoms with Crippen LogP contribution in [0.3, 0.4) is 0 Å². The summed E-state index contributed by atoms with van der Waals surface area (Å²) in [6, 6.07) is 8.23. The summed E-state index contributed by atoms with van der Waals surface area (Å²) in [5, 5.41) is 4.25. The highest BCUT2D eigenvalue weighted by Gasteiger charge is 2.23. The zero-order chi connectivity index (χ0) is 11.4. The Morgan fingerprint density at radius 3 is 2.56 bits per heavy atom. The van der Waals surface area contributed by atoms with Crippen LogP contribution in [0.2, 0.25) is 5.02 Å². The maximum Gasteiger partial charge on any atom is 0.0406 e. The number of rotatable bonds is 2. The fraction of sp³-hybridized carbons (Fsp3) is 0.538. The van der Waals surface area contributed by atoms with Crippen LogP contribution in [0.25, 0.3) is 0 Å². The van der Waals surface area contributed by atoms with E-state index in [9.17, 15) is 0 Å². The molecule has 0 radical (unpaired) electrons. The van der Waals surface area contributed by atoms with Gasteiger partial charge in [0.25, 0.3) is 0 Å². The summed E-state index contributed by atoms with van der Waals surface area (Å²) < 4.78 is 0. The Morgan fingerprint density at radius 1 is 1.19 bits per heavy atom. The Morgan fingerprint density at radius 2 is 1.88 bits per heavy atom. The lowest BCUT2D eigenvalue weighted by atomic mass is 9.82. The van der Waals surface area contributed by atoms with Gasteiger partial charge in [-0.25, -0.2) is 0 Å². The van der Waals surface area contributed by atoms with Gasteiger partial charge in [-0.15, -0.1) is 0 Å². The molecule has 1 fully saturated rings. The van der Waals surface area contributed by atoms with Crippen molar-refractivity contribution in [3.05, 3.63) is 34.9 Å². The summed E-state index contributed by atoms with van der Waals surface area (Å²) >= 11 is 5.92. The zero-order valence-corrected chi connectivity index (χ0v) is 10.2. The fourth-order valence-electron chi connectivity index (χ4n) is 2.54. The predicted octanol–water partition coefficient (Wildman–Crippen LogP) is 2.38. The van der Waals surface area contributed by atoms with Crippen LogP contribution in [0.4, 0.5) is 0 Å². The Hall–Kier alpha value is -0.570. The van der Waals surface area contributed by atoms with Crippen LogP contribution < -0.4 is 11.1 Å². The molecule has 0 bridgehead atoms. The van der Waals surface area contributed by atoms with Gasteiger partial charge in [-0.05, 0) is 62.0 Å². The van der Waals surface area contributed by atoms with Gasteiger partial charge in [-0.3, -0.25) is 0 Å². The molecular weight excluding hydrogens is 220 g/mol. The number of benzene rings is 1. The van der Waals surface area contributed by atoms with Crippen molar-refractivity contribution in [3.63, 3.8) is 0 Å². The quantitative estimate of drug-likeness (QED) is 0.830. The summed E-state index contributed by atoms with van der Waals surface area (Å²) in [7, 11) is 0. The van der Waals surface area contributed by atoms with Gasteiger partial charge >= 0.3 is 0 Å². The minimum absolute atomic E-state index is 0.581. The van der Waals surface area contributed by atoms with Gasteiger partial charge in [0, 0.05) is 5.02 Å². The lowest BCUT2D eigenvalue weighted by molar-refractivity contribution is 0.419. The molecule has 3 heteroatoms. The minimum Gasteiger partial charge on any atom is -0.330 e. The maximum absolute atomic E-state index is 5.92. The van der Waals surface area contributed by atoms with E-state index >= 15 is 0 Å². The molecule has 1 heterocycles. The van der Waals surface area contributed by atoms with E-state index in [0.29, 0.717) is 11.8 Å². The molecule has 2 atom stereocenters. The summed E-state index contributed by atoms with van der Waals surface area (Å²) in [6.07, 6.45) is 2.34. The zero-order valence-electron chi connectivity index (χ0n) is 9.45. The van der Waals surface area contributed by atoms with Crippen molar-refractivity contribution in [1.82, 2.24) is 5.32 Å². The monoisotopic (exact) mass is 238 g/mol. The predicted molar refractivity (Wildman–Crippen MR) is 68.8 cm³/mol. The molecule has 2 unspecified atom stereocenters. The number of nitrogens with one attached hydrogen (secondary N) is 1. The number of hydrogen-bond donors (Lipinski definition) is 2. The largest absolute Gasteiger partial charge is 0.330 e. The third-order valence-corrected chi connectivity index (χ3v) is 3.75. The van der Waals surface area contributed by atoms with Crippen LogP contribution in [-0.2, 0) is 0 Å². The first-order valence-corrected chi connectivity index (χ1v) is 6.35. The first kappa shape index (κ1) is 11.9. The van der Waals surface area contributed by atoms with Crippen molar-refractivity contribution in [2.45, 2.75) is 18.8 Å². The molecule has 16 heavy (non-hydrogen) atoms. The van der Waals surface area contributed by atoms with Crippen LogP contribution in [0, 0.1) is 5.92 Å². The summed E-state index contributed by atoms with van der Waals surface area (Å²) in [5.74, 6) is 1.17. The molecule has 0 aliphatic carbocycles. The first-order valence-electron chi connectivity index (χ1n) is 5.97. The number of nitrogens with two attached hydrogens (primary N) is 1. The molecule has 1 aliphatic rings. The average molecular weight is 239 g/mol. The van der Waals surface area contributed by atoms with E-state index < -0.39 is 0 Å². The highest BCUT2D eigenvalue weighted by atomic mass is 35.5. The van der Waals surface area contributed by atoms with Gasteiger partial charge in [-0.1, -0.05) is 23.7 Å². The molecule has 0 amide bonds. The SMILES string of the molecule is NCC1CCNCCC1c1ccc(Cl)cc1. The van der Waals surface area contributed by atoms with Crippen molar-refractivity contribution in [1.29, 1.82) is 0 Å². The highest BCUT2D eigenvalue weighted by Crippen LogP contribution is 2.31. The van der Waals surface area contributed by atoms with E-state index in [4.69, 9.17) is 17.3 Å². The van der Waals surface area contributed by atoms with Gasteiger partial charge in [-0.2, -0.15) is 0 Å². The Bertz CT molecular complexity index is 323. The van der Waals surface area contributed by atoms with Crippen molar-refractivity contribution < 1.29 is 0 Å². The molecule has 1 aliphatic heterocycles. The van der Waals surface area contributed by atoms with Crippen LogP contribution in [0.1, 0.15) is 24.3 Å². The molecule has 1 aromatic carbocycles. The van der Waals surface area contributed by atoms with Crippen molar-refractivity contribution in [3.8, 4) is 0 Å². The van der Waals surface area contributed by atoms with E-state index in [2.05, 4.69) is 17.4 Å². The van der Waals surface area contributed by atoms with Gasteiger partial charge in [0.2, 0.25) is 0 Å². The van der Waals surface area contributed by atoms with E-state index in [0.717, 1.165) is 24.7 Å². The van der Waals surface area contributed by atoms with Crippen LogP contribution >= 0.6 is 11.6 Å². The molecule has 1 saturated heterocycles. The molecule has 2 rings (SSSR count). The van der Waals surface area contributed by atoms with Crippen LogP contribution in [0.5, 0.6) is 0 Å². The Balaban J connectivity index is 2.18. The van der Waals surface area contributed by atoms with E-state index in [-0.39, 0.29) is 0 Å². The van der Waals surface area contributed by atoms with Crippen molar-refractivity contribution in [2.24, 2.45) is 11.7 Å². The summed E-state index contributed by atoms with van der Waals surface area (Å²) in [4.78, 5) is 0. The maximum atomic E-state index is 5.92. The van der Waals surface area contributed by atoms with Crippen molar-refractivity contribution >= 4 is 11.6 Å². The second-order valence-corrected chi connectivity index (χ2v) is 4.92. The fourth-order valence-corrected chi connectivity index (χ4v) is 2.66. The Kier molecular flexibility index (Phi) is 4.22. The van der Waals surface area contributed by atoms with Gasteiger partial charge in [0.1, 0.15) is 0 Å². The topological polar surface area (TPSA) is 38.0 Å². The third-order valence-electron chi connectivity index (χ3n) is 3.49. The number of halogens is 1. The summed E-state index contributed by atoms with van der Waals surface area (Å²) in [6.45, 7) is 2.95.